The number of aromatic nitrogens is 2. The molecule has 0 radical (unpaired) electrons. The van der Waals surface area contributed by atoms with Crippen LogP contribution in [0, 0.1) is 12.8 Å². The summed E-state index contributed by atoms with van der Waals surface area (Å²) in [6, 6.07) is 20.9. The lowest BCUT2D eigenvalue weighted by Crippen LogP contribution is -2.48. The monoisotopic (exact) mass is 488 g/mol. The third-order valence-electron chi connectivity index (χ3n) is 6.99. The van der Waals surface area contributed by atoms with Crippen LogP contribution in [-0.2, 0) is 18.3 Å². The summed E-state index contributed by atoms with van der Waals surface area (Å²) in [5, 5.41) is 4.33. The van der Waals surface area contributed by atoms with E-state index >= 15 is 0 Å². The molecule has 7 heteroatoms. The molecule has 0 bridgehead atoms. The van der Waals surface area contributed by atoms with Crippen LogP contribution in [0.1, 0.15) is 40.2 Å². The van der Waals surface area contributed by atoms with Gasteiger partial charge in [-0.2, -0.15) is 5.10 Å². The molecule has 1 fully saturated rings. The number of likely N-dealkylation sites (N-methyl/N-ethyl adjacent to an activating group) is 1. The molecule has 1 aliphatic heterocycles. The second kappa shape index (κ2) is 11.3. The second-order valence-electron chi connectivity index (χ2n) is 9.50. The Hall–Kier alpha value is -3.74. The Bertz CT molecular complexity index is 1210. The second-order valence-corrected chi connectivity index (χ2v) is 9.50. The van der Waals surface area contributed by atoms with Crippen molar-refractivity contribution < 1.29 is 14.0 Å². The number of nitrogens with zero attached hydrogens (tertiary/aromatic N) is 4. The average molecular weight is 489 g/mol. The molecule has 0 saturated carbocycles. The molecule has 3 aromatic rings. The van der Waals surface area contributed by atoms with Crippen LogP contribution in [0.3, 0.4) is 0 Å². The van der Waals surface area contributed by atoms with Crippen molar-refractivity contribution in [1.82, 2.24) is 19.6 Å². The van der Waals surface area contributed by atoms with E-state index in [1.807, 2.05) is 61.3 Å². The van der Waals surface area contributed by atoms with Crippen molar-refractivity contribution in [3.05, 3.63) is 95.1 Å². The molecule has 1 unspecified atom stereocenters. The Balaban J connectivity index is 1.48. The molecule has 2 amide bonds. The number of amides is 2. The van der Waals surface area contributed by atoms with Gasteiger partial charge in [0.2, 0.25) is 0 Å². The molecular formula is C29H33FN4O2. The van der Waals surface area contributed by atoms with Gasteiger partial charge >= 0.3 is 0 Å². The molecule has 1 atom stereocenters. The number of aryl methyl sites for hydroxylation is 2. The van der Waals surface area contributed by atoms with Crippen LogP contribution in [0.4, 0.5) is 4.39 Å². The molecule has 36 heavy (non-hydrogen) atoms. The molecule has 0 N–H and O–H groups in total. The van der Waals surface area contributed by atoms with Gasteiger partial charge in [-0.05, 0) is 55.4 Å². The minimum Gasteiger partial charge on any atom is -0.337 e. The minimum atomic E-state index is -0.751. The fourth-order valence-electron chi connectivity index (χ4n) is 5.01. The van der Waals surface area contributed by atoms with Crippen LogP contribution in [-0.4, -0.2) is 57.6 Å². The first-order chi connectivity index (χ1) is 17.3. The van der Waals surface area contributed by atoms with Crippen LogP contribution in [0.25, 0.3) is 6.08 Å². The normalized spacial score (nSPS) is 15.6. The number of benzene rings is 2. The first kappa shape index (κ1) is 25.4. The highest BCUT2D eigenvalue weighted by Gasteiger charge is 2.34. The summed E-state index contributed by atoms with van der Waals surface area (Å²) < 4.78 is 16.3. The highest BCUT2D eigenvalue weighted by atomic mass is 19.1. The van der Waals surface area contributed by atoms with Gasteiger partial charge in [0.1, 0.15) is 5.69 Å². The quantitative estimate of drug-likeness (QED) is 0.455. The van der Waals surface area contributed by atoms with Gasteiger partial charge in [0.25, 0.3) is 11.8 Å². The van der Waals surface area contributed by atoms with E-state index in [1.54, 1.807) is 28.8 Å². The molecule has 0 spiro atoms. The Kier molecular flexibility index (Phi) is 7.98. The predicted molar refractivity (Wildman–Crippen MR) is 139 cm³/mol. The average Bonchev–Trinajstić information content (AvgIpc) is 3.24. The highest BCUT2D eigenvalue weighted by molar-refractivity contribution is 5.95. The van der Waals surface area contributed by atoms with Crippen molar-refractivity contribution in [3.8, 4) is 0 Å². The summed E-state index contributed by atoms with van der Waals surface area (Å²) in [6.45, 7) is 2.78. The maximum atomic E-state index is 14.7. The van der Waals surface area contributed by atoms with E-state index < -0.39 is 11.7 Å². The summed E-state index contributed by atoms with van der Waals surface area (Å²) in [5.74, 6) is -1.22. The molecular weight excluding hydrogens is 455 g/mol. The smallest absolute Gasteiger partial charge is 0.282 e. The van der Waals surface area contributed by atoms with Gasteiger partial charge in [-0.3, -0.25) is 14.3 Å². The van der Waals surface area contributed by atoms with Crippen LogP contribution in [0.15, 0.2) is 72.6 Å². The third kappa shape index (κ3) is 5.90. The van der Waals surface area contributed by atoms with Crippen LogP contribution >= 0.6 is 0 Å². The van der Waals surface area contributed by atoms with E-state index in [0.717, 1.165) is 11.3 Å². The summed E-state index contributed by atoms with van der Waals surface area (Å²) in [4.78, 5) is 29.6. The Morgan fingerprint density at radius 1 is 1.08 bits per heavy atom. The number of likely N-dealkylation sites (tertiary alicyclic amines) is 1. The molecule has 1 saturated heterocycles. The van der Waals surface area contributed by atoms with Crippen molar-refractivity contribution >= 4 is 17.9 Å². The van der Waals surface area contributed by atoms with E-state index in [-0.39, 0.29) is 17.9 Å². The Morgan fingerprint density at radius 3 is 2.28 bits per heavy atom. The number of carbonyl (C=O) groups excluding carboxylic acids is 2. The van der Waals surface area contributed by atoms with E-state index in [0.29, 0.717) is 43.6 Å². The van der Waals surface area contributed by atoms with Crippen molar-refractivity contribution in [2.45, 2.75) is 32.2 Å². The molecule has 188 valence electrons. The summed E-state index contributed by atoms with van der Waals surface area (Å²) in [7, 11) is 3.62. The van der Waals surface area contributed by atoms with Crippen LogP contribution in [0.2, 0.25) is 0 Å². The maximum absolute atomic E-state index is 14.7. The van der Waals surface area contributed by atoms with E-state index in [2.05, 4.69) is 17.2 Å². The zero-order valence-corrected chi connectivity index (χ0v) is 21.1. The lowest BCUT2D eigenvalue weighted by atomic mass is 9.84. The zero-order chi connectivity index (χ0) is 25.7. The Morgan fingerprint density at radius 2 is 1.69 bits per heavy atom. The fraction of sp³-hybridized carbons (Fsp3) is 0.345. The third-order valence-corrected chi connectivity index (χ3v) is 6.99. The predicted octanol–water partition coefficient (Wildman–Crippen LogP) is 4.66. The van der Waals surface area contributed by atoms with E-state index in [1.165, 1.54) is 6.08 Å². The Labute approximate surface area is 212 Å². The van der Waals surface area contributed by atoms with Gasteiger partial charge in [-0.1, -0.05) is 60.7 Å². The zero-order valence-electron chi connectivity index (χ0n) is 21.1. The van der Waals surface area contributed by atoms with Crippen molar-refractivity contribution in [3.63, 3.8) is 0 Å². The summed E-state index contributed by atoms with van der Waals surface area (Å²) in [6.07, 6.45) is 3.39. The van der Waals surface area contributed by atoms with Crippen molar-refractivity contribution in [2.24, 2.45) is 13.0 Å². The lowest BCUT2D eigenvalue weighted by Gasteiger charge is -2.40. The molecule has 1 aromatic heterocycles. The van der Waals surface area contributed by atoms with Gasteiger partial charge in [0.05, 0.1) is 5.69 Å². The van der Waals surface area contributed by atoms with Crippen molar-refractivity contribution in [2.75, 3.05) is 20.1 Å². The topological polar surface area (TPSA) is 58.4 Å². The first-order valence-electron chi connectivity index (χ1n) is 12.4. The number of piperidine rings is 1. The molecule has 1 aliphatic rings. The van der Waals surface area contributed by atoms with E-state index in [9.17, 15) is 14.0 Å². The van der Waals surface area contributed by atoms with Gasteiger partial charge in [-0.25, -0.2) is 4.39 Å². The van der Waals surface area contributed by atoms with Crippen LogP contribution in [0.5, 0.6) is 0 Å². The number of carbonyl (C=O) groups is 2. The molecule has 4 rings (SSSR count). The van der Waals surface area contributed by atoms with Crippen LogP contribution < -0.4 is 0 Å². The standard InChI is InChI=1S/C29H33FN4O2/c1-21-18-27(33(3)31-21)29(36)32(2)26(20-23-12-8-5-9-13-23)24-14-16-34(17-15-24)28(35)25(30)19-22-10-6-4-7-11-22/h4-13,18-19,24,26H,14-17,20H2,1-3H3/b25-19-. The molecule has 0 aliphatic carbocycles. The van der Waals surface area contributed by atoms with Gasteiger partial charge in [0.15, 0.2) is 5.83 Å². The molecule has 2 heterocycles. The largest absolute Gasteiger partial charge is 0.337 e. The van der Waals surface area contributed by atoms with Gasteiger partial charge in [-0.15, -0.1) is 0 Å². The summed E-state index contributed by atoms with van der Waals surface area (Å²) >= 11 is 0. The maximum Gasteiger partial charge on any atom is 0.282 e. The van der Waals surface area contributed by atoms with Gasteiger partial charge in [0, 0.05) is 33.2 Å². The van der Waals surface area contributed by atoms with Crippen molar-refractivity contribution in [1.29, 1.82) is 0 Å². The minimum absolute atomic E-state index is 0.0583. The SMILES string of the molecule is Cc1cc(C(=O)N(C)C(Cc2ccccc2)C2CCN(C(=O)/C(F)=C/c3ccccc3)CC2)n(C)n1. The van der Waals surface area contributed by atoms with E-state index in [4.69, 9.17) is 0 Å². The molecule has 6 nitrogen and oxygen atoms in total. The first-order valence-corrected chi connectivity index (χ1v) is 12.4. The summed E-state index contributed by atoms with van der Waals surface area (Å²) in [5.41, 5.74) is 3.16. The lowest BCUT2D eigenvalue weighted by molar-refractivity contribution is -0.130. The fourth-order valence-corrected chi connectivity index (χ4v) is 5.01. The number of hydrogen-bond acceptors (Lipinski definition) is 3. The number of hydrogen-bond donors (Lipinski definition) is 0. The number of halogens is 1. The number of rotatable bonds is 7. The highest BCUT2D eigenvalue weighted by Crippen LogP contribution is 2.28. The molecule has 2 aromatic carbocycles. The van der Waals surface area contributed by atoms with Gasteiger partial charge < -0.3 is 9.80 Å².